The Morgan fingerprint density at radius 1 is 0.889 bits per heavy atom. The number of amides is 4. The Kier molecular flexibility index (Phi) is 11.1. The van der Waals surface area contributed by atoms with Gasteiger partial charge < -0.3 is 16.0 Å². The van der Waals surface area contributed by atoms with Crippen LogP contribution in [0.4, 0.5) is 4.79 Å². The first-order valence-electron chi connectivity index (χ1n) is 8.65. The first-order valence-corrected chi connectivity index (χ1v) is 8.65. The maximum atomic E-state index is 12.5. The van der Waals surface area contributed by atoms with Crippen molar-refractivity contribution in [2.45, 2.75) is 46.3 Å². The number of urea groups is 1. The molecule has 4 amide bonds. The summed E-state index contributed by atoms with van der Waals surface area (Å²) in [6.45, 7) is 7.61. The molecule has 0 aliphatic rings. The second-order valence-corrected chi connectivity index (χ2v) is 6.77. The molecule has 0 bridgehead atoms. The van der Waals surface area contributed by atoms with Gasteiger partial charge in [-0.2, -0.15) is 0 Å². The fraction of sp³-hybridized carbons (Fsp3) is 0.500. The summed E-state index contributed by atoms with van der Waals surface area (Å²) in [5.74, 6) is 4.07. The summed E-state index contributed by atoms with van der Waals surface area (Å²) in [5, 5.41) is 8.01. The minimum absolute atomic E-state index is 0. The SMILES string of the molecule is CC(C)[C@H](NC(=O)N[C@H](C(=O)NCc1ccccc1)C(C)C)C(=O)NN.Cl. The highest BCUT2D eigenvalue weighted by atomic mass is 35.5. The monoisotopic (exact) mass is 399 g/mol. The maximum absolute atomic E-state index is 12.5. The van der Waals surface area contributed by atoms with E-state index in [1.165, 1.54) is 0 Å². The van der Waals surface area contributed by atoms with Gasteiger partial charge in [0.1, 0.15) is 12.1 Å². The van der Waals surface area contributed by atoms with E-state index in [2.05, 4.69) is 16.0 Å². The number of benzene rings is 1. The van der Waals surface area contributed by atoms with Crippen LogP contribution in [0, 0.1) is 11.8 Å². The number of hydrogen-bond donors (Lipinski definition) is 5. The van der Waals surface area contributed by atoms with E-state index in [1.807, 2.05) is 49.6 Å². The van der Waals surface area contributed by atoms with Crippen molar-refractivity contribution in [2.24, 2.45) is 17.7 Å². The Hall–Kier alpha value is -2.32. The predicted octanol–water partition coefficient (Wildman–Crippen LogP) is 1.06. The van der Waals surface area contributed by atoms with Gasteiger partial charge in [0.25, 0.3) is 5.91 Å². The summed E-state index contributed by atoms with van der Waals surface area (Å²) in [5.41, 5.74) is 2.99. The van der Waals surface area contributed by atoms with Gasteiger partial charge in [-0.15, -0.1) is 12.4 Å². The normalized spacial score (nSPS) is 12.6. The first kappa shape index (κ1) is 24.7. The molecule has 8 nitrogen and oxygen atoms in total. The first-order chi connectivity index (χ1) is 12.3. The van der Waals surface area contributed by atoms with Crippen LogP contribution in [0.2, 0.25) is 0 Å². The van der Waals surface area contributed by atoms with Gasteiger partial charge in [-0.1, -0.05) is 58.0 Å². The van der Waals surface area contributed by atoms with Gasteiger partial charge in [-0.25, -0.2) is 10.6 Å². The Labute approximate surface area is 166 Å². The van der Waals surface area contributed by atoms with Gasteiger partial charge in [0.15, 0.2) is 0 Å². The van der Waals surface area contributed by atoms with Crippen LogP contribution in [-0.2, 0) is 16.1 Å². The topological polar surface area (TPSA) is 125 Å². The summed E-state index contributed by atoms with van der Waals surface area (Å²) >= 11 is 0. The highest BCUT2D eigenvalue weighted by Crippen LogP contribution is 2.05. The zero-order valence-electron chi connectivity index (χ0n) is 16.1. The van der Waals surface area contributed by atoms with Gasteiger partial charge in [-0.05, 0) is 17.4 Å². The van der Waals surface area contributed by atoms with Crippen molar-refractivity contribution in [3.05, 3.63) is 35.9 Å². The van der Waals surface area contributed by atoms with Crippen molar-refractivity contribution in [3.63, 3.8) is 0 Å². The molecule has 9 heteroatoms. The van der Waals surface area contributed by atoms with Crippen LogP contribution in [0.1, 0.15) is 33.3 Å². The second kappa shape index (κ2) is 12.1. The van der Waals surface area contributed by atoms with Crippen LogP contribution in [0.15, 0.2) is 30.3 Å². The maximum Gasteiger partial charge on any atom is 0.316 e. The van der Waals surface area contributed by atoms with E-state index < -0.39 is 24.0 Å². The number of hydrogen-bond acceptors (Lipinski definition) is 4. The summed E-state index contributed by atoms with van der Waals surface area (Å²) in [6.07, 6.45) is 0. The fourth-order valence-corrected chi connectivity index (χ4v) is 2.38. The van der Waals surface area contributed by atoms with E-state index in [0.717, 1.165) is 5.56 Å². The zero-order chi connectivity index (χ0) is 19.7. The van der Waals surface area contributed by atoms with E-state index in [9.17, 15) is 14.4 Å². The molecule has 0 unspecified atom stereocenters. The van der Waals surface area contributed by atoms with Gasteiger partial charge in [0.05, 0.1) is 0 Å². The highest BCUT2D eigenvalue weighted by molar-refractivity contribution is 5.90. The molecule has 0 saturated heterocycles. The standard InChI is InChI=1S/C18H29N5O3.ClH/c1-11(2)14(16(24)20-10-13-8-6-5-7-9-13)21-18(26)22-15(12(3)4)17(25)23-19;/h5-9,11-12,14-15H,10,19H2,1-4H3,(H,20,24)(H,23,25)(H2,21,22,26);1H/t14-,15-;/m0./s1. The minimum atomic E-state index is -0.791. The van der Waals surface area contributed by atoms with Crippen LogP contribution in [-0.4, -0.2) is 29.9 Å². The summed E-state index contributed by atoms with van der Waals surface area (Å²) < 4.78 is 0. The van der Waals surface area contributed by atoms with Gasteiger partial charge >= 0.3 is 6.03 Å². The molecular weight excluding hydrogens is 370 g/mol. The smallest absolute Gasteiger partial charge is 0.316 e. The van der Waals surface area contributed by atoms with Crippen molar-refractivity contribution < 1.29 is 14.4 Å². The number of nitrogens with two attached hydrogens (primary N) is 1. The van der Waals surface area contributed by atoms with Crippen molar-refractivity contribution in [1.29, 1.82) is 0 Å². The molecule has 2 atom stereocenters. The molecule has 1 aromatic rings. The molecule has 6 N–H and O–H groups in total. The van der Waals surface area contributed by atoms with Crippen LogP contribution in [0.5, 0.6) is 0 Å². The lowest BCUT2D eigenvalue weighted by atomic mass is 10.0. The van der Waals surface area contributed by atoms with Crippen molar-refractivity contribution in [2.75, 3.05) is 0 Å². The molecule has 0 spiro atoms. The Morgan fingerprint density at radius 3 is 1.81 bits per heavy atom. The quantitative estimate of drug-likeness (QED) is 0.254. The molecule has 152 valence electrons. The average molecular weight is 400 g/mol. The third kappa shape index (κ3) is 8.27. The second-order valence-electron chi connectivity index (χ2n) is 6.77. The molecule has 0 radical (unpaired) electrons. The number of halogens is 1. The number of carbonyl (C=O) groups is 3. The summed E-state index contributed by atoms with van der Waals surface area (Å²) in [4.78, 5) is 36.4. The largest absolute Gasteiger partial charge is 0.350 e. The molecule has 0 heterocycles. The highest BCUT2D eigenvalue weighted by Gasteiger charge is 2.28. The average Bonchev–Trinajstić information content (AvgIpc) is 2.61. The zero-order valence-corrected chi connectivity index (χ0v) is 16.9. The lowest BCUT2D eigenvalue weighted by Gasteiger charge is -2.25. The predicted molar refractivity (Wildman–Crippen MR) is 107 cm³/mol. The van der Waals surface area contributed by atoms with E-state index >= 15 is 0 Å². The molecule has 0 aliphatic heterocycles. The van der Waals surface area contributed by atoms with Crippen molar-refractivity contribution >= 4 is 30.3 Å². The molecule has 1 aromatic carbocycles. The Morgan fingerprint density at radius 2 is 1.37 bits per heavy atom. The lowest BCUT2D eigenvalue weighted by Crippen LogP contribution is -2.58. The minimum Gasteiger partial charge on any atom is -0.350 e. The molecule has 1 rings (SSSR count). The number of rotatable bonds is 8. The van der Waals surface area contributed by atoms with Crippen molar-refractivity contribution in [3.8, 4) is 0 Å². The number of hydrazine groups is 1. The molecule has 0 saturated carbocycles. The van der Waals surface area contributed by atoms with Crippen LogP contribution < -0.4 is 27.2 Å². The summed E-state index contributed by atoms with van der Waals surface area (Å²) in [6, 6.07) is 7.38. The van der Waals surface area contributed by atoms with E-state index in [-0.39, 0.29) is 30.2 Å². The van der Waals surface area contributed by atoms with Gasteiger partial charge in [0.2, 0.25) is 5.91 Å². The fourth-order valence-electron chi connectivity index (χ4n) is 2.38. The number of nitrogens with one attached hydrogen (secondary N) is 4. The van der Waals surface area contributed by atoms with Crippen LogP contribution >= 0.6 is 12.4 Å². The van der Waals surface area contributed by atoms with E-state index in [4.69, 9.17) is 5.84 Å². The Bertz CT molecular complexity index is 610. The lowest BCUT2D eigenvalue weighted by molar-refractivity contribution is -0.124. The van der Waals surface area contributed by atoms with E-state index in [0.29, 0.717) is 6.54 Å². The third-order valence-electron chi connectivity index (χ3n) is 3.92. The van der Waals surface area contributed by atoms with Crippen molar-refractivity contribution in [1.82, 2.24) is 21.4 Å². The van der Waals surface area contributed by atoms with Crippen LogP contribution in [0.25, 0.3) is 0 Å². The molecule has 0 fully saturated rings. The molecule has 0 aliphatic carbocycles. The molecule has 27 heavy (non-hydrogen) atoms. The van der Waals surface area contributed by atoms with E-state index in [1.54, 1.807) is 13.8 Å². The summed E-state index contributed by atoms with van der Waals surface area (Å²) in [7, 11) is 0. The Balaban J connectivity index is 0.00000676. The number of carbonyl (C=O) groups excluding carboxylic acids is 3. The van der Waals surface area contributed by atoms with Gasteiger partial charge in [0, 0.05) is 6.54 Å². The third-order valence-corrected chi connectivity index (χ3v) is 3.92. The van der Waals surface area contributed by atoms with Crippen LogP contribution in [0.3, 0.4) is 0 Å². The van der Waals surface area contributed by atoms with Gasteiger partial charge in [-0.3, -0.25) is 15.0 Å². The molecular formula is C18H30ClN5O3. The molecule has 0 aromatic heterocycles.